The number of nitrogens with zero attached hydrogens (tertiary/aromatic N) is 1. The number of rotatable bonds is 9. The molecule has 32 heavy (non-hydrogen) atoms. The van der Waals surface area contributed by atoms with Crippen molar-refractivity contribution in [3.8, 4) is 0 Å². The van der Waals surface area contributed by atoms with E-state index in [1.54, 1.807) is 0 Å². The lowest BCUT2D eigenvalue weighted by atomic mass is 9.85. The summed E-state index contributed by atoms with van der Waals surface area (Å²) in [5.41, 5.74) is 2.20. The highest BCUT2D eigenvalue weighted by atomic mass is 16.6. The third-order valence-electron chi connectivity index (χ3n) is 6.93. The first-order valence-electron chi connectivity index (χ1n) is 11.9. The Kier molecular flexibility index (Phi) is 7.59. The minimum absolute atomic E-state index is 0.204. The normalized spacial score (nSPS) is 20.8. The second-order valence-corrected chi connectivity index (χ2v) is 9.21. The van der Waals surface area contributed by atoms with Gasteiger partial charge in [0.2, 0.25) is 5.91 Å². The molecule has 1 aliphatic heterocycles. The molecule has 5 nitrogen and oxygen atoms in total. The minimum atomic E-state index is -0.783. The molecule has 0 bridgehead atoms. The fourth-order valence-electron chi connectivity index (χ4n) is 5.13. The summed E-state index contributed by atoms with van der Waals surface area (Å²) < 4.78 is 5.29. The van der Waals surface area contributed by atoms with Gasteiger partial charge in [-0.1, -0.05) is 86.3 Å². The fourth-order valence-corrected chi connectivity index (χ4v) is 5.13. The summed E-state index contributed by atoms with van der Waals surface area (Å²) in [5, 5.41) is 11.1. The predicted octanol–water partition coefficient (Wildman–Crippen LogP) is 4.77. The lowest BCUT2D eigenvalue weighted by molar-refractivity contribution is -0.138. The molecule has 2 aromatic rings. The maximum absolute atomic E-state index is 13.7. The molecule has 2 fully saturated rings. The van der Waals surface area contributed by atoms with E-state index in [-0.39, 0.29) is 18.6 Å². The van der Waals surface area contributed by atoms with Crippen LogP contribution in [0.15, 0.2) is 60.7 Å². The third kappa shape index (κ3) is 5.57. The van der Waals surface area contributed by atoms with Gasteiger partial charge in [0.15, 0.2) is 0 Å². The average molecular weight is 436 g/mol. The standard InChI is InChI=1S/C27H33NO4/c29-25(16-15-20-9-3-1-4-10-20)24(18-22-13-7-8-14-22)26(30)28-23(19-32-27(28)31)17-21-11-5-2-6-12-21/h1-6,9-12,22-25,29H,7-8,13-19H2/t23-,24-,25+/m1/s1. The summed E-state index contributed by atoms with van der Waals surface area (Å²) in [6.07, 6.45) is 5.57. The second-order valence-electron chi connectivity index (χ2n) is 9.21. The van der Waals surface area contributed by atoms with Crippen LogP contribution in [0.4, 0.5) is 4.79 Å². The van der Waals surface area contributed by atoms with Gasteiger partial charge in [-0.15, -0.1) is 0 Å². The molecular weight excluding hydrogens is 402 g/mol. The lowest BCUT2D eigenvalue weighted by Gasteiger charge is -2.29. The van der Waals surface area contributed by atoms with Crippen molar-refractivity contribution in [2.45, 2.75) is 63.5 Å². The molecular formula is C27H33NO4. The van der Waals surface area contributed by atoms with Crippen molar-refractivity contribution < 1.29 is 19.4 Å². The van der Waals surface area contributed by atoms with E-state index in [2.05, 4.69) is 0 Å². The molecule has 1 aliphatic carbocycles. The molecule has 4 rings (SSSR count). The molecule has 1 heterocycles. The molecule has 2 aliphatic rings. The summed E-state index contributed by atoms with van der Waals surface area (Å²) in [4.78, 5) is 27.5. The molecule has 0 spiro atoms. The number of amides is 2. The molecule has 0 unspecified atom stereocenters. The van der Waals surface area contributed by atoms with Crippen molar-refractivity contribution in [3.63, 3.8) is 0 Å². The number of aliphatic hydroxyl groups excluding tert-OH is 1. The Hall–Kier alpha value is -2.66. The zero-order valence-corrected chi connectivity index (χ0v) is 18.6. The van der Waals surface area contributed by atoms with Gasteiger partial charge in [-0.3, -0.25) is 4.79 Å². The zero-order valence-electron chi connectivity index (χ0n) is 18.6. The quantitative estimate of drug-likeness (QED) is 0.616. The molecule has 1 saturated carbocycles. The van der Waals surface area contributed by atoms with Gasteiger partial charge in [-0.2, -0.15) is 0 Å². The van der Waals surface area contributed by atoms with E-state index in [4.69, 9.17) is 4.74 Å². The largest absolute Gasteiger partial charge is 0.447 e. The highest BCUT2D eigenvalue weighted by molar-refractivity contribution is 5.95. The number of aliphatic hydroxyl groups is 1. The van der Waals surface area contributed by atoms with Gasteiger partial charge in [0.05, 0.1) is 18.1 Å². The summed E-state index contributed by atoms with van der Waals surface area (Å²) >= 11 is 0. The van der Waals surface area contributed by atoms with Gasteiger partial charge in [0.25, 0.3) is 0 Å². The van der Waals surface area contributed by atoms with Gasteiger partial charge >= 0.3 is 6.09 Å². The smallest absolute Gasteiger partial charge is 0.416 e. The molecule has 1 N–H and O–H groups in total. The number of imide groups is 1. The van der Waals surface area contributed by atoms with E-state index in [1.807, 2.05) is 60.7 Å². The Bertz CT molecular complexity index is 879. The Balaban J connectivity index is 1.48. The third-order valence-corrected chi connectivity index (χ3v) is 6.93. The average Bonchev–Trinajstić information content (AvgIpc) is 3.46. The molecule has 0 radical (unpaired) electrons. The highest BCUT2D eigenvalue weighted by Gasteiger charge is 2.43. The Morgan fingerprint density at radius 2 is 1.62 bits per heavy atom. The van der Waals surface area contributed by atoms with Crippen molar-refractivity contribution in [2.75, 3.05) is 6.61 Å². The van der Waals surface area contributed by atoms with E-state index < -0.39 is 18.1 Å². The van der Waals surface area contributed by atoms with Crippen LogP contribution in [0.3, 0.4) is 0 Å². The van der Waals surface area contributed by atoms with Crippen molar-refractivity contribution >= 4 is 12.0 Å². The van der Waals surface area contributed by atoms with E-state index in [9.17, 15) is 14.7 Å². The SMILES string of the molecule is O=C1OC[C@@H](Cc2ccccc2)N1C(=O)[C@H](CC1CCCC1)[C@@H](O)CCc1ccccc1. The molecule has 5 heteroatoms. The van der Waals surface area contributed by atoms with Crippen LogP contribution in [0.2, 0.25) is 0 Å². The van der Waals surface area contributed by atoms with Crippen LogP contribution >= 0.6 is 0 Å². The number of cyclic esters (lactones) is 1. The van der Waals surface area contributed by atoms with Gasteiger partial charge < -0.3 is 9.84 Å². The topological polar surface area (TPSA) is 66.8 Å². The van der Waals surface area contributed by atoms with Crippen LogP contribution < -0.4 is 0 Å². The molecule has 1 saturated heterocycles. The lowest BCUT2D eigenvalue weighted by Crippen LogP contribution is -2.47. The molecule has 170 valence electrons. The van der Waals surface area contributed by atoms with E-state index >= 15 is 0 Å². The summed E-state index contributed by atoms with van der Waals surface area (Å²) in [6, 6.07) is 19.5. The Labute approximate surface area is 190 Å². The number of carbonyl (C=O) groups excluding carboxylic acids is 2. The summed E-state index contributed by atoms with van der Waals surface area (Å²) in [6.45, 7) is 0.204. The maximum atomic E-state index is 13.7. The zero-order chi connectivity index (χ0) is 22.3. The molecule has 3 atom stereocenters. The van der Waals surface area contributed by atoms with Crippen molar-refractivity contribution in [3.05, 3.63) is 71.8 Å². The first-order chi connectivity index (χ1) is 15.6. The van der Waals surface area contributed by atoms with Crippen LogP contribution in [0.25, 0.3) is 0 Å². The summed E-state index contributed by atoms with van der Waals surface area (Å²) in [7, 11) is 0. The van der Waals surface area contributed by atoms with Gasteiger partial charge in [0, 0.05) is 0 Å². The first-order valence-corrected chi connectivity index (χ1v) is 11.9. The van der Waals surface area contributed by atoms with E-state index in [0.29, 0.717) is 31.6 Å². The van der Waals surface area contributed by atoms with E-state index in [0.717, 1.165) is 24.0 Å². The minimum Gasteiger partial charge on any atom is -0.447 e. The van der Waals surface area contributed by atoms with Crippen LogP contribution in [0.5, 0.6) is 0 Å². The predicted molar refractivity (Wildman–Crippen MR) is 123 cm³/mol. The van der Waals surface area contributed by atoms with Gasteiger partial charge in [-0.25, -0.2) is 9.69 Å². The monoisotopic (exact) mass is 435 g/mol. The molecule has 2 aromatic carbocycles. The van der Waals surface area contributed by atoms with Crippen molar-refractivity contribution in [2.24, 2.45) is 11.8 Å². The molecule has 0 aromatic heterocycles. The Morgan fingerprint density at radius 3 is 2.28 bits per heavy atom. The van der Waals surface area contributed by atoms with E-state index in [1.165, 1.54) is 17.7 Å². The van der Waals surface area contributed by atoms with Gasteiger partial charge in [0.1, 0.15) is 6.61 Å². The van der Waals surface area contributed by atoms with Crippen molar-refractivity contribution in [1.82, 2.24) is 4.90 Å². The maximum Gasteiger partial charge on any atom is 0.416 e. The number of benzene rings is 2. The number of carbonyl (C=O) groups is 2. The van der Waals surface area contributed by atoms with Crippen LogP contribution in [-0.2, 0) is 22.4 Å². The van der Waals surface area contributed by atoms with Crippen LogP contribution in [0, 0.1) is 11.8 Å². The Morgan fingerprint density at radius 1 is 1.00 bits per heavy atom. The van der Waals surface area contributed by atoms with Crippen molar-refractivity contribution in [1.29, 1.82) is 0 Å². The number of aryl methyl sites for hydroxylation is 1. The summed E-state index contributed by atoms with van der Waals surface area (Å²) in [5.74, 6) is -0.423. The first kappa shape index (κ1) is 22.5. The second kappa shape index (κ2) is 10.8. The van der Waals surface area contributed by atoms with Crippen LogP contribution in [-0.4, -0.2) is 40.8 Å². The molecule has 2 amide bonds. The van der Waals surface area contributed by atoms with Gasteiger partial charge in [-0.05, 0) is 42.7 Å². The fraction of sp³-hybridized carbons (Fsp3) is 0.481. The number of ether oxygens (including phenoxy) is 1. The highest BCUT2D eigenvalue weighted by Crippen LogP contribution is 2.34. The number of hydrogen-bond donors (Lipinski definition) is 1. The number of hydrogen-bond acceptors (Lipinski definition) is 4. The van der Waals surface area contributed by atoms with Crippen LogP contribution in [0.1, 0.15) is 49.7 Å².